The summed E-state index contributed by atoms with van der Waals surface area (Å²) in [7, 11) is -1.23. The summed E-state index contributed by atoms with van der Waals surface area (Å²) in [5.41, 5.74) is 6.86. The highest BCUT2D eigenvalue weighted by molar-refractivity contribution is 9.10. The molecule has 0 aromatic heterocycles. The van der Waals surface area contributed by atoms with Gasteiger partial charge in [0.1, 0.15) is 15.7 Å². The molecule has 0 heterocycles. The Morgan fingerprint density at radius 2 is 2.11 bits per heavy atom. The predicted octanol–water partition coefficient (Wildman–Crippen LogP) is 1.21. The molecule has 0 aliphatic carbocycles. The molecule has 18 heavy (non-hydrogen) atoms. The Morgan fingerprint density at radius 1 is 1.50 bits per heavy atom. The molecule has 5 nitrogen and oxygen atoms in total. The second kappa shape index (κ2) is 5.71. The SMILES string of the molecule is CN(CCS(C)(=O)=O)c1cccc(Br)c1C(=N)N. The molecule has 0 amide bonds. The first-order chi connectivity index (χ1) is 8.22. The fourth-order valence-electron chi connectivity index (χ4n) is 1.52. The number of nitrogens with one attached hydrogen (secondary N) is 1. The van der Waals surface area contributed by atoms with Crippen LogP contribution < -0.4 is 10.6 Å². The van der Waals surface area contributed by atoms with E-state index >= 15 is 0 Å². The Bertz CT molecular complexity index is 557. The molecule has 0 radical (unpaired) electrons. The van der Waals surface area contributed by atoms with Gasteiger partial charge in [0.15, 0.2) is 0 Å². The van der Waals surface area contributed by atoms with E-state index in [4.69, 9.17) is 11.1 Å². The van der Waals surface area contributed by atoms with Crippen LogP contribution in [0.25, 0.3) is 0 Å². The van der Waals surface area contributed by atoms with Gasteiger partial charge in [0.2, 0.25) is 0 Å². The molecule has 1 rings (SSSR count). The molecular weight excluding hydrogens is 318 g/mol. The molecule has 0 saturated carbocycles. The van der Waals surface area contributed by atoms with E-state index in [2.05, 4.69) is 15.9 Å². The summed E-state index contributed by atoms with van der Waals surface area (Å²) in [6, 6.07) is 5.43. The number of nitrogens with two attached hydrogens (primary N) is 1. The molecule has 0 fully saturated rings. The van der Waals surface area contributed by atoms with Crippen LogP contribution in [0.2, 0.25) is 0 Å². The third-order valence-electron chi connectivity index (χ3n) is 2.47. The lowest BCUT2D eigenvalue weighted by molar-refractivity contribution is 0.601. The molecule has 7 heteroatoms. The summed E-state index contributed by atoms with van der Waals surface area (Å²) in [5, 5.41) is 7.57. The Labute approximate surface area is 116 Å². The molecule has 0 saturated heterocycles. The first-order valence-corrected chi connectivity index (χ1v) is 8.09. The average molecular weight is 334 g/mol. The maximum absolute atomic E-state index is 11.1. The van der Waals surface area contributed by atoms with Crippen molar-refractivity contribution in [1.82, 2.24) is 0 Å². The lowest BCUT2D eigenvalue weighted by Gasteiger charge is -2.22. The van der Waals surface area contributed by atoms with Crippen molar-refractivity contribution in [3.05, 3.63) is 28.2 Å². The Kier molecular flexibility index (Phi) is 4.75. The van der Waals surface area contributed by atoms with E-state index in [-0.39, 0.29) is 11.6 Å². The molecular formula is C11H16BrN3O2S. The van der Waals surface area contributed by atoms with Crippen LogP contribution in [-0.2, 0) is 9.84 Å². The van der Waals surface area contributed by atoms with Gasteiger partial charge in [0.05, 0.1) is 11.3 Å². The van der Waals surface area contributed by atoms with Crippen LogP contribution in [-0.4, -0.2) is 39.9 Å². The fraction of sp³-hybridized carbons (Fsp3) is 0.364. The predicted molar refractivity (Wildman–Crippen MR) is 78.1 cm³/mol. The maximum atomic E-state index is 11.1. The van der Waals surface area contributed by atoms with Gasteiger partial charge in [0, 0.05) is 30.0 Å². The second-order valence-electron chi connectivity index (χ2n) is 4.10. The van der Waals surface area contributed by atoms with Crippen LogP contribution in [0.4, 0.5) is 5.69 Å². The fourth-order valence-corrected chi connectivity index (χ4v) is 2.70. The van der Waals surface area contributed by atoms with Crippen molar-refractivity contribution < 1.29 is 8.42 Å². The first kappa shape index (κ1) is 15.0. The number of benzene rings is 1. The second-order valence-corrected chi connectivity index (χ2v) is 7.21. The molecule has 0 aliphatic rings. The number of rotatable bonds is 5. The van der Waals surface area contributed by atoms with Crippen LogP contribution in [0.5, 0.6) is 0 Å². The molecule has 100 valence electrons. The summed E-state index contributed by atoms with van der Waals surface area (Å²) < 4.78 is 23.0. The number of amidine groups is 1. The number of sulfone groups is 1. The van der Waals surface area contributed by atoms with Gasteiger partial charge in [0.25, 0.3) is 0 Å². The van der Waals surface area contributed by atoms with Crippen LogP contribution in [0.1, 0.15) is 5.56 Å². The van der Waals surface area contributed by atoms with Gasteiger partial charge < -0.3 is 10.6 Å². The topological polar surface area (TPSA) is 87.2 Å². The molecule has 0 aliphatic heterocycles. The summed E-state index contributed by atoms with van der Waals surface area (Å²) >= 11 is 3.34. The van der Waals surface area contributed by atoms with Crippen LogP contribution in [0.3, 0.4) is 0 Å². The van der Waals surface area contributed by atoms with Gasteiger partial charge in [-0.1, -0.05) is 6.07 Å². The molecule has 1 aromatic rings. The van der Waals surface area contributed by atoms with Gasteiger partial charge in [-0.2, -0.15) is 0 Å². The highest BCUT2D eigenvalue weighted by atomic mass is 79.9. The summed E-state index contributed by atoms with van der Waals surface area (Å²) in [6.07, 6.45) is 1.20. The zero-order valence-corrected chi connectivity index (χ0v) is 12.7. The molecule has 1 aromatic carbocycles. The quantitative estimate of drug-likeness (QED) is 0.626. The monoisotopic (exact) mass is 333 g/mol. The van der Waals surface area contributed by atoms with Crippen molar-refractivity contribution in [2.45, 2.75) is 0 Å². The maximum Gasteiger partial charge on any atom is 0.149 e. The highest BCUT2D eigenvalue weighted by Crippen LogP contribution is 2.26. The van der Waals surface area contributed by atoms with Crippen molar-refractivity contribution in [2.24, 2.45) is 5.73 Å². The molecule has 0 atom stereocenters. The van der Waals surface area contributed by atoms with Gasteiger partial charge >= 0.3 is 0 Å². The Morgan fingerprint density at radius 3 is 2.61 bits per heavy atom. The zero-order valence-electron chi connectivity index (χ0n) is 10.3. The number of nitrogens with zero attached hydrogens (tertiary/aromatic N) is 1. The van der Waals surface area contributed by atoms with Crippen molar-refractivity contribution in [1.29, 1.82) is 5.41 Å². The normalized spacial score (nSPS) is 11.3. The third-order valence-corrected chi connectivity index (χ3v) is 4.05. The Balaban J connectivity index is 3.02. The van der Waals surface area contributed by atoms with Gasteiger partial charge in [-0.15, -0.1) is 0 Å². The average Bonchev–Trinajstić information content (AvgIpc) is 2.24. The van der Waals surface area contributed by atoms with E-state index in [0.717, 1.165) is 10.2 Å². The lowest BCUT2D eigenvalue weighted by Crippen LogP contribution is -2.27. The lowest BCUT2D eigenvalue weighted by atomic mass is 10.1. The minimum atomic E-state index is -3.01. The first-order valence-electron chi connectivity index (χ1n) is 5.24. The standard InChI is InChI=1S/C11H16BrN3O2S/c1-15(6-7-18(2,16)17)9-5-3-4-8(12)10(9)11(13)14/h3-5H,6-7H2,1-2H3,(H3,13,14). The third kappa shape index (κ3) is 3.99. The zero-order chi connectivity index (χ0) is 13.9. The summed E-state index contributed by atoms with van der Waals surface area (Å²) in [4.78, 5) is 1.78. The van der Waals surface area contributed by atoms with E-state index in [1.165, 1.54) is 6.26 Å². The number of anilines is 1. The molecule has 0 unspecified atom stereocenters. The van der Waals surface area contributed by atoms with Crippen LogP contribution >= 0.6 is 15.9 Å². The smallest absolute Gasteiger partial charge is 0.149 e. The molecule has 3 N–H and O–H groups in total. The van der Waals surface area contributed by atoms with Crippen LogP contribution in [0, 0.1) is 5.41 Å². The number of halogens is 1. The van der Waals surface area contributed by atoms with Crippen molar-refractivity contribution in [2.75, 3.05) is 30.5 Å². The van der Waals surface area contributed by atoms with Gasteiger partial charge in [-0.25, -0.2) is 8.42 Å². The van der Waals surface area contributed by atoms with Gasteiger partial charge in [-0.05, 0) is 28.1 Å². The van der Waals surface area contributed by atoms with Crippen molar-refractivity contribution in [3.8, 4) is 0 Å². The summed E-state index contributed by atoms with van der Waals surface area (Å²) in [5.74, 6) is 0.0107. The van der Waals surface area contributed by atoms with E-state index in [1.807, 2.05) is 12.1 Å². The van der Waals surface area contributed by atoms with Crippen molar-refractivity contribution in [3.63, 3.8) is 0 Å². The molecule has 0 bridgehead atoms. The minimum Gasteiger partial charge on any atom is -0.384 e. The molecule has 0 spiro atoms. The summed E-state index contributed by atoms with van der Waals surface area (Å²) in [6.45, 7) is 0.357. The van der Waals surface area contributed by atoms with Gasteiger partial charge in [-0.3, -0.25) is 5.41 Å². The van der Waals surface area contributed by atoms with E-state index in [0.29, 0.717) is 12.1 Å². The highest BCUT2D eigenvalue weighted by Gasteiger charge is 2.14. The number of nitrogen functional groups attached to an aromatic ring is 1. The van der Waals surface area contributed by atoms with Crippen molar-refractivity contribution >= 4 is 37.3 Å². The largest absolute Gasteiger partial charge is 0.384 e. The minimum absolute atomic E-state index is 0.0521. The van der Waals surface area contributed by atoms with E-state index in [1.54, 1.807) is 18.0 Å². The van der Waals surface area contributed by atoms with E-state index in [9.17, 15) is 8.42 Å². The Hall–Kier alpha value is -1.08. The number of hydrogen-bond acceptors (Lipinski definition) is 4. The van der Waals surface area contributed by atoms with E-state index < -0.39 is 9.84 Å². The van der Waals surface area contributed by atoms with Crippen LogP contribution in [0.15, 0.2) is 22.7 Å². The number of hydrogen-bond donors (Lipinski definition) is 2.